The van der Waals surface area contributed by atoms with Gasteiger partial charge in [-0.3, -0.25) is 9.69 Å². The molecule has 8 nitrogen and oxygen atoms in total. The van der Waals surface area contributed by atoms with E-state index in [0.29, 0.717) is 37.2 Å². The maximum Gasteiger partial charge on any atom is 0.240 e. The highest BCUT2D eigenvalue weighted by molar-refractivity contribution is 5.93. The Bertz CT molecular complexity index is 950. The summed E-state index contributed by atoms with van der Waals surface area (Å²) in [6, 6.07) is 7.76. The van der Waals surface area contributed by atoms with Crippen molar-refractivity contribution in [3.8, 4) is 11.6 Å². The van der Waals surface area contributed by atoms with Crippen LogP contribution in [0, 0.1) is 13.8 Å². The van der Waals surface area contributed by atoms with E-state index in [1.54, 1.807) is 18.5 Å². The maximum atomic E-state index is 12.3. The number of nitrogens with one attached hydrogen (secondary N) is 1. The maximum absolute atomic E-state index is 12.3. The first-order valence-electron chi connectivity index (χ1n) is 8.79. The molecule has 0 unspecified atom stereocenters. The molecule has 0 bridgehead atoms. The zero-order chi connectivity index (χ0) is 18.8. The minimum absolute atomic E-state index is 0.0222. The first kappa shape index (κ1) is 17.3. The van der Waals surface area contributed by atoms with Crippen molar-refractivity contribution in [3.63, 3.8) is 0 Å². The molecule has 2 aromatic heterocycles. The molecular weight excluding hydrogens is 344 g/mol. The second-order valence-corrected chi connectivity index (χ2v) is 6.79. The summed E-state index contributed by atoms with van der Waals surface area (Å²) < 4.78 is 5.33. The Hall–Kier alpha value is -3.13. The lowest BCUT2D eigenvalue weighted by molar-refractivity contribution is -0.118. The minimum Gasteiger partial charge on any atom is -0.338 e. The number of hydrogen-bond donors (Lipinski definition) is 1. The van der Waals surface area contributed by atoms with Crippen molar-refractivity contribution in [3.05, 3.63) is 53.7 Å². The second kappa shape index (κ2) is 7.24. The highest BCUT2D eigenvalue weighted by Crippen LogP contribution is 2.26. The molecule has 1 N–H and O–H groups in total. The highest BCUT2D eigenvalue weighted by Gasteiger charge is 2.33. The molecule has 1 amide bonds. The van der Waals surface area contributed by atoms with E-state index in [2.05, 4.69) is 25.4 Å². The number of amides is 1. The van der Waals surface area contributed by atoms with E-state index in [1.165, 1.54) is 0 Å². The molecule has 0 spiro atoms. The largest absolute Gasteiger partial charge is 0.338 e. The number of nitrogens with zero attached hydrogens (tertiary/aromatic N) is 5. The summed E-state index contributed by atoms with van der Waals surface area (Å²) in [7, 11) is 0. The van der Waals surface area contributed by atoms with Gasteiger partial charge in [0.2, 0.25) is 23.4 Å². The third-order valence-electron chi connectivity index (χ3n) is 4.55. The Morgan fingerprint density at radius 1 is 1.22 bits per heavy atom. The van der Waals surface area contributed by atoms with Crippen LogP contribution < -0.4 is 5.32 Å². The van der Waals surface area contributed by atoms with Crippen molar-refractivity contribution >= 4 is 11.6 Å². The van der Waals surface area contributed by atoms with E-state index in [4.69, 9.17) is 4.52 Å². The summed E-state index contributed by atoms with van der Waals surface area (Å²) in [5.74, 6) is 1.49. The fourth-order valence-electron chi connectivity index (χ4n) is 3.02. The molecule has 8 heteroatoms. The highest BCUT2D eigenvalue weighted by atomic mass is 16.5. The van der Waals surface area contributed by atoms with Gasteiger partial charge < -0.3 is 9.84 Å². The van der Waals surface area contributed by atoms with E-state index < -0.39 is 0 Å². The third kappa shape index (κ3) is 3.85. The van der Waals surface area contributed by atoms with Crippen molar-refractivity contribution in [2.75, 3.05) is 25.0 Å². The molecule has 27 heavy (non-hydrogen) atoms. The molecular formula is C19H20N6O2. The van der Waals surface area contributed by atoms with E-state index >= 15 is 0 Å². The van der Waals surface area contributed by atoms with Crippen molar-refractivity contribution in [1.29, 1.82) is 0 Å². The molecule has 0 saturated carbocycles. The lowest BCUT2D eigenvalue weighted by Crippen LogP contribution is -2.48. The van der Waals surface area contributed by atoms with Gasteiger partial charge in [-0.05, 0) is 37.1 Å². The van der Waals surface area contributed by atoms with Crippen LogP contribution in [-0.2, 0) is 4.79 Å². The van der Waals surface area contributed by atoms with Gasteiger partial charge in [-0.2, -0.15) is 4.98 Å². The Morgan fingerprint density at radius 2 is 2.00 bits per heavy atom. The van der Waals surface area contributed by atoms with Gasteiger partial charge in [0, 0.05) is 31.2 Å². The number of anilines is 1. The van der Waals surface area contributed by atoms with Crippen molar-refractivity contribution in [2.24, 2.45) is 0 Å². The lowest BCUT2D eigenvalue weighted by Gasteiger charge is -2.36. The third-order valence-corrected chi connectivity index (χ3v) is 4.55. The monoisotopic (exact) mass is 364 g/mol. The molecule has 1 aromatic carbocycles. The fraction of sp³-hybridized carbons (Fsp3) is 0.316. The predicted molar refractivity (Wildman–Crippen MR) is 99.1 cm³/mol. The van der Waals surface area contributed by atoms with E-state index in [-0.39, 0.29) is 11.8 Å². The number of carbonyl (C=O) groups is 1. The molecule has 0 aliphatic carbocycles. The summed E-state index contributed by atoms with van der Waals surface area (Å²) in [5.41, 5.74) is 3.04. The van der Waals surface area contributed by atoms with Crippen LogP contribution in [0.2, 0.25) is 0 Å². The van der Waals surface area contributed by atoms with E-state index in [0.717, 1.165) is 16.8 Å². The quantitative estimate of drug-likeness (QED) is 0.741. The summed E-state index contributed by atoms with van der Waals surface area (Å²) in [5, 5.41) is 6.92. The molecule has 1 fully saturated rings. The van der Waals surface area contributed by atoms with Gasteiger partial charge in [-0.25, -0.2) is 9.97 Å². The van der Waals surface area contributed by atoms with Crippen LogP contribution in [0.5, 0.6) is 0 Å². The molecule has 138 valence electrons. The summed E-state index contributed by atoms with van der Waals surface area (Å²) in [6.45, 7) is 5.74. The van der Waals surface area contributed by atoms with E-state index in [1.807, 2.05) is 36.9 Å². The Kier molecular flexibility index (Phi) is 4.64. The molecule has 1 aliphatic rings. The predicted octanol–water partition coefficient (Wildman–Crippen LogP) is 2.18. The molecule has 3 aromatic rings. The van der Waals surface area contributed by atoms with Crippen molar-refractivity contribution < 1.29 is 9.32 Å². The fourth-order valence-corrected chi connectivity index (χ4v) is 3.02. The Balaban J connectivity index is 1.30. The topological polar surface area (TPSA) is 97.0 Å². The van der Waals surface area contributed by atoms with Gasteiger partial charge >= 0.3 is 0 Å². The number of hydrogen-bond acceptors (Lipinski definition) is 7. The second-order valence-electron chi connectivity index (χ2n) is 6.79. The van der Waals surface area contributed by atoms with Gasteiger partial charge in [-0.15, -0.1) is 0 Å². The first-order valence-corrected chi connectivity index (χ1v) is 8.79. The molecule has 0 atom stereocenters. The van der Waals surface area contributed by atoms with Crippen LogP contribution in [0.25, 0.3) is 11.6 Å². The van der Waals surface area contributed by atoms with Gasteiger partial charge in [0.25, 0.3) is 0 Å². The minimum atomic E-state index is -0.0222. The number of aryl methyl sites for hydroxylation is 2. The molecule has 0 radical (unpaired) electrons. The zero-order valence-corrected chi connectivity index (χ0v) is 15.2. The Labute approximate surface area is 156 Å². The van der Waals surface area contributed by atoms with Crippen LogP contribution in [0.1, 0.15) is 22.9 Å². The van der Waals surface area contributed by atoms with E-state index in [9.17, 15) is 4.79 Å². The van der Waals surface area contributed by atoms with Crippen LogP contribution in [0.4, 0.5) is 5.69 Å². The SMILES string of the molecule is Cc1ccc(C)c(NC(=O)CN2CC(c3nc(-c4ncccn4)no3)C2)c1. The zero-order valence-electron chi connectivity index (χ0n) is 15.2. The van der Waals surface area contributed by atoms with Gasteiger partial charge in [-0.1, -0.05) is 17.3 Å². The average Bonchev–Trinajstić information content (AvgIpc) is 3.11. The summed E-state index contributed by atoms with van der Waals surface area (Å²) in [6.07, 6.45) is 3.27. The number of aromatic nitrogens is 4. The molecule has 1 saturated heterocycles. The van der Waals surface area contributed by atoms with Crippen LogP contribution in [-0.4, -0.2) is 50.5 Å². The van der Waals surface area contributed by atoms with Crippen molar-refractivity contribution in [2.45, 2.75) is 19.8 Å². The molecule has 3 heterocycles. The van der Waals surface area contributed by atoms with Gasteiger partial charge in [0.05, 0.1) is 12.5 Å². The van der Waals surface area contributed by atoms with Crippen molar-refractivity contribution in [1.82, 2.24) is 25.0 Å². The number of benzene rings is 1. The summed E-state index contributed by atoms with van der Waals surface area (Å²) >= 11 is 0. The van der Waals surface area contributed by atoms with Crippen LogP contribution >= 0.6 is 0 Å². The molecule has 4 rings (SSSR count). The van der Waals surface area contributed by atoms with Gasteiger partial charge in [0.15, 0.2) is 0 Å². The smallest absolute Gasteiger partial charge is 0.240 e. The standard InChI is InChI=1S/C19H20N6O2/c1-12-4-5-13(2)15(8-12)22-16(26)11-25-9-14(10-25)19-23-18(24-27-19)17-20-6-3-7-21-17/h3-8,14H,9-11H2,1-2H3,(H,22,26). The Morgan fingerprint density at radius 3 is 2.78 bits per heavy atom. The molecule has 1 aliphatic heterocycles. The van der Waals surface area contributed by atoms with Crippen LogP contribution in [0.3, 0.4) is 0 Å². The lowest BCUT2D eigenvalue weighted by atomic mass is 10.0. The number of likely N-dealkylation sites (tertiary alicyclic amines) is 1. The number of carbonyl (C=O) groups excluding carboxylic acids is 1. The normalized spacial score (nSPS) is 14.7. The van der Waals surface area contributed by atoms with Gasteiger partial charge in [0.1, 0.15) is 0 Å². The number of rotatable bonds is 5. The average molecular weight is 364 g/mol. The summed E-state index contributed by atoms with van der Waals surface area (Å²) in [4.78, 5) is 26.9. The van der Waals surface area contributed by atoms with Crippen LogP contribution in [0.15, 0.2) is 41.2 Å². The first-order chi connectivity index (χ1) is 13.1.